The first-order valence-electron chi connectivity index (χ1n) is 6.63. The summed E-state index contributed by atoms with van der Waals surface area (Å²) in [5, 5.41) is 11.0. The van der Waals surface area contributed by atoms with Crippen LogP contribution in [0, 0.1) is 10.1 Å². The number of rotatable bonds is 6. The van der Waals surface area contributed by atoms with Crippen LogP contribution in [0.5, 0.6) is 0 Å². The van der Waals surface area contributed by atoms with E-state index in [1.807, 2.05) is 11.5 Å². The number of non-ortho nitro benzene ring substituents is 1. The molecule has 1 aromatic carbocycles. The van der Waals surface area contributed by atoms with Gasteiger partial charge in [-0.3, -0.25) is 14.9 Å². The predicted octanol–water partition coefficient (Wildman–Crippen LogP) is 4.08. The van der Waals surface area contributed by atoms with E-state index in [1.54, 1.807) is 24.5 Å². The van der Waals surface area contributed by atoms with Gasteiger partial charge in [0, 0.05) is 43.1 Å². The molecule has 0 aliphatic rings. The van der Waals surface area contributed by atoms with E-state index in [-0.39, 0.29) is 11.5 Å². The van der Waals surface area contributed by atoms with Crippen molar-refractivity contribution in [2.75, 3.05) is 0 Å². The number of nitrogens with zero attached hydrogens (tertiary/aromatic N) is 2. The molecule has 0 unspecified atom stereocenters. The Morgan fingerprint density at radius 2 is 2.14 bits per heavy atom. The number of halogens is 1. The molecular formula is C15H15ClN2O3. The molecule has 5 nitrogen and oxygen atoms in total. The topological polar surface area (TPSA) is 65.1 Å². The molecule has 1 heterocycles. The molecule has 0 N–H and O–H groups in total. The molecule has 6 heteroatoms. The zero-order valence-electron chi connectivity index (χ0n) is 11.6. The first kappa shape index (κ1) is 15.3. The van der Waals surface area contributed by atoms with Gasteiger partial charge >= 0.3 is 0 Å². The normalized spacial score (nSPS) is 10.6. The number of nitro groups is 1. The summed E-state index contributed by atoms with van der Waals surface area (Å²) >= 11 is 6.06. The predicted molar refractivity (Wildman–Crippen MR) is 80.9 cm³/mol. The maximum atomic E-state index is 11.8. The van der Waals surface area contributed by atoms with Crippen molar-refractivity contribution in [1.29, 1.82) is 0 Å². The van der Waals surface area contributed by atoms with E-state index in [9.17, 15) is 14.9 Å². The van der Waals surface area contributed by atoms with E-state index < -0.39 is 4.92 Å². The van der Waals surface area contributed by atoms with Gasteiger partial charge in [0.15, 0.2) is 5.78 Å². The van der Waals surface area contributed by atoms with Crippen molar-refractivity contribution < 1.29 is 9.72 Å². The Hall–Kier alpha value is -2.14. The summed E-state index contributed by atoms with van der Waals surface area (Å²) in [6.07, 6.45) is 4.93. The smallest absolute Gasteiger partial charge is 0.270 e. The summed E-state index contributed by atoms with van der Waals surface area (Å²) in [6, 6.07) is 6.17. The standard InChI is InChI=1S/C15H15ClN2O3/c1-2-3-15(19)12-6-7-17(10-12)9-11-4-5-13(18(20)21)8-14(11)16/h4-8,10H,2-3,9H2,1H3. The van der Waals surface area contributed by atoms with E-state index >= 15 is 0 Å². The molecule has 1 aromatic heterocycles. The molecule has 2 rings (SSSR count). The lowest BCUT2D eigenvalue weighted by Gasteiger charge is -2.05. The fourth-order valence-corrected chi connectivity index (χ4v) is 2.28. The number of carbonyl (C=O) groups excluding carboxylic acids is 1. The number of benzene rings is 1. The second-order valence-corrected chi connectivity index (χ2v) is 5.19. The Morgan fingerprint density at radius 3 is 2.76 bits per heavy atom. The molecule has 110 valence electrons. The fraction of sp³-hybridized carbons (Fsp3) is 0.267. The highest BCUT2D eigenvalue weighted by atomic mass is 35.5. The minimum Gasteiger partial charge on any atom is -0.349 e. The van der Waals surface area contributed by atoms with E-state index in [0.29, 0.717) is 23.6 Å². The van der Waals surface area contributed by atoms with E-state index in [2.05, 4.69) is 0 Å². The van der Waals surface area contributed by atoms with Crippen LogP contribution in [0.3, 0.4) is 0 Å². The van der Waals surface area contributed by atoms with E-state index in [0.717, 1.165) is 12.0 Å². The Morgan fingerprint density at radius 1 is 1.38 bits per heavy atom. The zero-order valence-corrected chi connectivity index (χ0v) is 12.3. The minimum atomic E-state index is -0.479. The molecule has 0 saturated carbocycles. The highest BCUT2D eigenvalue weighted by molar-refractivity contribution is 6.31. The minimum absolute atomic E-state index is 0.0323. The first-order chi connectivity index (χ1) is 10.0. The highest BCUT2D eigenvalue weighted by Crippen LogP contribution is 2.23. The molecule has 0 atom stereocenters. The van der Waals surface area contributed by atoms with Gasteiger partial charge in [-0.1, -0.05) is 18.5 Å². The van der Waals surface area contributed by atoms with Crippen LogP contribution in [0.25, 0.3) is 0 Å². The van der Waals surface area contributed by atoms with Crippen LogP contribution in [0.2, 0.25) is 5.02 Å². The van der Waals surface area contributed by atoms with Gasteiger partial charge in [-0.05, 0) is 24.1 Å². The fourth-order valence-electron chi connectivity index (χ4n) is 2.05. The molecule has 0 aliphatic heterocycles. The largest absolute Gasteiger partial charge is 0.349 e. The van der Waals surface area contributed by atoms with Crippen molar-refractivity contribution in [3.63, 3.8) is 0 Å². The van der Waals surface area contributed by atoms with Crippen LogP contribution in [0.1, 0.15) is 35.7 Å². The number of nitro benzene ring substituents is 1. The maximum Gasteiger partial charge on any atom is 0.270 e. The second-order valence-electron chi connectivity index (χ2n) is 4.78. The molecule has 2 aromatic rings. The van der Waals surface area contributed by atoms with Crippen LogP contribution < -0.4 is 0 Å². The van der Waals surface area contributed by atoms with Crippen LogP contribution >= 0.6 is 11.6 Å². The lowest BCUT2D eigenvalue weighted by atomic mass is 10.1. The summed E-state index contributed by atoms with van der Waals surface area (Å²) in [5.74, 6) is 0.117. The van der Waals surface area contributed by atoms with Gasteiger partial charge in [0.1, 0.15) is 0 Å². The molecule has 0 fully saturated rings. The van der Waals surface area contributed by atoms with Crippen LogP contribution in [0.4, 0.5) is 5.69 Å². The summed E-state index contributed by atoms with van der Waals surface area (Å²) in [7, 11) is 0. The summed E-state index contributed by atoms with van der Waals surface area (Å²) < 4.78 is 1.84. The first-order valence-corrected chi connectivity index (χ1v) is 7.01. The van der Waals surface area contributed by atoms with Crippen molar-refractivity contribution in [2.24, 2.45) is 0 Å². The Kier molecular flexibility index (Phi) is 4.75. The lowest BCUT2D eigenvalue weighted by Crippen LogP contribution is -2.00. The second kappa shape index (κ2) is 6.54. The van der Waals surface area contributed by atoms with Gasteiger partial charge in [-0.15, -0.1) is 0 Å². The zero-order chi connectivity index (χ0) is 15.4. The Bertz CT molecular complexity index is 679. The van der Waals surface area contributed by atoms with E-state index in [1.165, 1.54) is 12.1 Å². The number of aromatic nitrogens is 1. The maximum absolute atomic E-state index is 11.8. The number of hydrogen-bond donors (Lipinski definition) is 0. The molecule has 0 bridgehead atoms. The van der Waals surface area contributed by atoms with Crippen LogP contribution in [-0.4, -0.2) is 15.3 Å². The molecule has 0 radical (unpaired) electrons. The van der Waals surface area contributed by atoms with Gasteiger partial charge < -0.3 is 4.57 Å². The third-order valence-electron chi connectivity index (χ3n) is 3.15. The molecule has 0 saturated heterocycles. The van der Waals surface area contributed by atoms with Crippen molar-refractivity contribution in [2.45, 2.75) is 26.3 Å². The molecule has 21 heavy (non-hydrogen) atoms. The van der Waals surface area contributed by atoms with Gasteiger partial charge in [0.2, 0.25) is 0 Å². The molecular weight excluding hydrogens is 292 g/mol. The third kappa shape index (κ3) is 3.70. The van der Waals surface area contributed by atoms with Crippen molar-refractivity contribution >= 4 is 23.1 Å². The van der Waals surface area contributed by atoms with Crippen molar-refractivity contribution in [3.05, 3.63) is 62.9 Å². The number of Topliss-reactive ketones (excluding diaryl/α,β-unsaturated/α-hetero) is 1. The summed E-state index contributed by atoms with van der Waals surface area (Å²) in [4.78, 5) is 22.0. The Labute approximate surface area is 127 Å². The number of carbonyl (C=O) groups is 1. The molecule has 0 amide bonds. The average Bonchev–Trinajstić information content (AvgIpc) is 2.90. The monoisotopic (exact) mass is 306 g/mol. The van der Waals surface area contributed by atoms with Gasteiger partial charge in [-0.25, -0.2) is 0 Å². The van der Waals surface area contributed by atoms with Crippen LogP contribution in [-0.2, 0) is 6.54 Å². The van der Waals surface area contributed by atoms with Crippen molar-refractivity contribution in [3.8, 4) is 0 Å². The van der Waals surface area contributed by atoms with Gasteiger partial charge in [0.05, 0.1) is 9.95 Å². The molecule has 0 aliphatic carbocycles. The number of ketones is 1. The van der Waals surface area contributed by atoms with Crippen LogP contribution in [0.15, 0.2) is 36.7 Å². The number of hydrogen-bond acceptors (Lipinski definition) is 3. The molecule has 0 spiro atoms. The highest BCUT2D eigenvalue weighted by Gasteiger charge is 2.11. The third-order valence-corrected chi connectivity index (χ3v) is 3.50. The van der Waals surface area contributed by atoms with Gasteiger partial charge in [-0.2, -0.15) is 0 Å². The lowest BCUT2D eigenvalue weighted by molar-refractivity contribution is -0.384. The quantitative estimate of drug-likeness (QED) is 0.459. The van der Waals surface area contributed by atoms with Crippen molar-refractivity contribution in [1.82, 2.24) is 4.57 Å². The van der Waals surface area contributed by atoms with E-state index in [4.69, 9.17) is 11.6 Å². The SMILES string of the molecule is CCCC(=O)c1ccn(Cc2ccc([N+](=O)[O-])cc2Cl)c1. The summed E-state index contributed by atoms with van der Waals surface area (Å²) in [5.41, 5.74) is 1.41. The summed E-state index contributed by atoms with van der Waals surface area (Å²) in [6.45, 7) is 2.43. The average molecular weight is 307 g/mol. The van der Waals surface area contributed by atoms with Gasteiger partial charge in [0.25, 0.3) is 5.69 Å². The Balaban J connectivity index is 2.15.